The van der Waals surface area contributed by atoms with Crippen molar-refractivity contribution in [3.63, 3.8) is 0 Å². The van der Waals surface area contributed by atoms with E-state index in [2.05, 4.69) is 9.73 Å². The van der Waals surface area contributed by atoms with Crippen molar-refractivity contribution in [3.05, 3.63) is 70.8 Å². The smallest absolute Gasteiger partial charge is 0.416 e. The first-order chi connectivity index (χ1) is 13.2. The number of nitrogens with two attached hydrogens (primary N) is 1. The van der Waals surface area contributed by atoms with Crippen LogP contribution in [0.4, 0.5) is 18.9 Å². The molecule has 0 unspecified atom stereocenters. The minimum absolute atomic E-state index is 0.0589. The second-order valence-electron chi connectivity index (χ2n) is 5.73. The number of amides is 1. The Kier molecular flexibility index (Phi) is 4.91. The van der Waals surface area contributed by atoms with Gasteiger partial charge in [0.1, 0.15) is 11.1 Å². The molecule has 0 aliphatic heterocycles. The van der Waals surface area contributed by atoms with Gasteiger partial charge in [-0.1, -0.05) is 0 Å². The van der Waals surface area contributed by atoms with E-state index in [4.69, 9.17) is 10.2 Å². The van der Waals surface area contributed by atoms with E-state index in [-0.39, 0.29) is 22.1 Å². The molecule has 3 aromatic rings. The van der Waals surface area contributed by atoms with Gasteiger partial charge in [-0.25, -0.2) is 9.79 Å². The molecule has 0 radical (unpaired) electrons. The fourth-order valence-corrected chi connectivity index (χ4v) is 2.47. The Labute approximate surface area is 156 Å². The molecule has 1 amide bonds. The Bertz CT molecular complexity index is 1130. The maximum Gasteiger partial charge on any atom is 0.416 e. The highest BCUT2D eigenvalue weighted by molar-refractivity contribution is 5.95. The number of carbonyl (C=O) groups excluding carboxylic acids is 2. The van der Waals surface area contributed by atoms with Crippen LogP contribution >= 0.6 is 0 Å². The number of halogens is 3. The highest BCUT2D eigenvalue weighted by Crippen LogP contribution is 2.31. The predicted octanol–water partition coefficient (Wildman–Crippen LogP) is 3.57. The van der Waals surface area contributed by atoms with Gasteiger partial charge in [0.05, 0.1) is 23.9 Å². The number of hydrogen-bond donors (Lipinski definition) is 1. The molecule has 9 heteroatoms. The summed E-state index contributed by atoms with van der Waals surface area (Å²) in [5.74, 6) is -1.44. The molecule has 3 rings (SSSR count). The topological polar surface area (TPSA) is 94.9 Å². The molecular weight excluding hydrogens is 377 g/mol. The van der Waals surface area contributed by atoms with Gasteiger partial charge >= 0.3 is 12.1 Å². The Hall–Kier alpha value is -3.62. The van der Waals surface area contributed by atoms with Crippen LogP contribution in [0.25, 0.3) is 11.0 Å². The van der Waals surface area contributed by atoms with Crippen LogP contribution in [0, 0.1) is 0 Å². The molecule has 0 fully saturated rings. The molecule has 2 N–H and O–H groups in total. The van der Waals surface area contributed by atoms with Crippen LogP contribution in [-0.2, 0) is 10.9 Å². The fourth-order valence-electron chi connectivity index (χ4n) is 2.47. The average Bonchev–Trinajstić information content (AvgIpc) is 2.66. The van der Waals surface area contributed by atoms with E-state index in [1.165, 1.54) is 37.4 Å². The van der Waals surface area contributed by atoms with Crippen molar-refractivity contribution < 1.29 is 31.9 Å². The summed E-state index contributed by atoms with van der Waals surface area (Å²) < 4.78 is 48.7. The number of benzene rings is 2. The van der Waals surface area contributed by atoms with Crippen molar-refractivity contribution in [1.29, 1.82) is 0 Å². The summed E-state index contributed by atoms with van der Waals surface area (Å²) in [5, 5.41) is 0.0589. The summed E-state index contributed by atoms with van der Waals surface area (Å²) in [6.45, 7) is 0. The van der Waals surface area contributed by atoms with Gasteiger partial charge in [-0.2, -0.15) is 13.2 Å². The summed E-state index contributed by atoms with van der Waals surface area (Å²) in [5.41, 5.74) is 4.84. The SMILES string of the molecule is COC(=O)c1ccc(N=c2oc3ccc(C(F)(F)F)cc3cc2C(N)=O)cc1. The molecule has 0 spiro atoms. The van der Waals surface area contributed by atoms with Crippen LogP contribution in [0.2, 0.25) is 0 Å². The van der Waals surface area contributed by atoms with Gasteiger partial charge in [0.2, 0.25) is 5.55 Å². The van der Waals surface area contributed by atoms with E-state index in [9.17, 15) is 22.8 Å². The first-order valence-corrected chi connectivity index (χ1v) is 7.87. The largest absolute Gasteiger partial charge is 0.465 e. The van der Waals surface area contributed by atoms with E-state index >= 15 is 0 Å². The third-order valence-electron chi connectivity index (χ3n) is 3.86. The molecule has 0 bridgehead atoms. The molecule has 0 saturated heterocycles. The number of hydrogen-bond acceptors (Lipinski definition) is 5. The third-order valence-corrected chi connectivity index (χ3v) is 3.86. The number of nitrogens with zero attached hydrogens (tertiary/aromatic N) is 1. The summed E-state index contributed by atoms with van der Waals surface area (Å²) in [7, 11) is 1.25. The van der Waals surface area contributed by atoms with Gasteiger partial charge in [-0.05, 0) is 48.5 Å². The van der Waals surface area contributed by atoms with Crippen molar-refractivity contribution in [2.75, 3.05) is 7.11 Å². The van der Waals surface area contributed by atoms with E-state index in [1.54, 1.807) is 0 Å². The van der Waals surface area contributed by atoms with Gasteiger partial charge in [-0.3, -0.25) is 4.79 Å². The second-order valence-corrected chi connectivity index (χ2v) is 5.73. The van der Waals surface area contributed by atoms with E-state index < -0.39 is 23.6 Å². The number of alkyl halides is 3. The van der Waals surface area contributed by atoms with Crippen LogP contribution in [0.3, 0.4) is 0 Å². The summed E-state index contributed by atoms with van der Waals surface area (Å²) in [6, 6.07) is 9.97. The van der Waals surface area contributed by atoms with Crippen molar-refractivity contribution >= 4 is 28.5 Å². The monoisotopic (exact) mass is 390 g/mol. The molecule has 28 heavy (non-hydrogen) atoms. The lowest BCUT2D eigenvalue weighted by Crippen LogP contribution is -2.21. The van der Waals surface area contributed by atoms with Crippen molar-refractivity contribution in [2.24, 2.45) is 10.7 Å². The number of ether oxygens (including phenoxy) is 1. The van der Waals surface area contributed by atoms with Crippen LogP contribution in [-0.4, -0.2) is 19.0 Å². The summed E-state index contributed by atoms with van der Waals surface area (Å²) in [6.07, 6.45) is -4.54. The maximum atomic E-state index is 12.9. The number of fused-ring (bicyclic) bond motifs is 1. The van der Waals surface area contributed by atoms with E-state index in [0.29, 0.717) is 11.3 Å². The quantitative estimate of drug-likeness (QED) is 0.692. The minimum atomic E-state index is -4.54. The van der Waals surface area contributed by atoms with Gasteiger partial charge < -0.3 is 14.9 Å². The normalized spacial score (nSPS) is 12.2. The molecule has 2 aromatic carbocycles. The Morgan fingerprint density at radius 3 is 2.32 bits per heavy atom. The van der Waals surface area contributed by atoms with Gasteiger partial charge in [0.15, 0.2) is 0 Å². The molecule has 0 atom stereocenters. The minimum Gasteiger partial charge on any atom is -0.465 e. The lowest BCUT2D eigenvalue weighted by molar-refractivity contribution is -0.137. The van der Waals surface area contributed by atoms with Crippen molar-refractivity contribution in [1.82, 2.24) is 0 Å². The Morgan fingerprint density at radius 2 is 1.75 bits per heavy atom. The maximum absolute atomic E-state index is 12.9. The zero-order valence-electron chi connectivity index (χ0n) is 14.4. The molecule has 0 aliphatic rings. The number of esters is 1. The summed E-state index contributed by atoms with van der Waals surface area (Å²) >= 11 is 0. The molecule has 0 aliphatic carbocycles. The predicted molar refractivity (Wildman–Crippen MR) is 92.7 cm³/mol. The first kappa shape index (κ1) is 19.2. The zero-order valence-corrected chi connectivity index (χ0v) is 14.4. The summed E-state index contributed by atoms with van der Waals surface area (Å²) in [4.78, 5) is 27.4. The van der Waals surface area contributed by atoms with Crippen LogP contribution in [0.1, 0.15) is 26.3 Å². The van der Waals surface area contributed by atoms with Crippen molar-refractivity contribution in [2.45, 2.75) is 6.18 Å². The molecule has 6 nitrogen and oxygen atoms in total. The van der Waals surface area contributed by atoms with E-state index in [0.717, 1.165) is 18.2 Å². The lowest BCUT2D eigenvalue weighted by Gasteiger charge is -2.08. The first-order valence-electron chi connectivity index (χ1n) is 7.87. The average molecular weight is 390 g/mol. The highest BCUT2D eigenvalue weighted by Gasteiger charge is 2.30. The fraction of sp³-hybridized carbons (Fsp3) is 0.105. The Balaban J connectivity index is 2.14. The molecule has 1 heterocycles. The Morgan fingerprint density at radius 1 is 1.07 bits per heavy atom. The van der Waals surface area contributed by atoms with Gasteiger partial charge in [-0.15, -0.1) is 0 Å². The van der Waals surface area contributed by atoms with Crippen molar-refractivity contribution in [3.8, 4) is 0 Å². The standard InChI is InChI=1S/C19H13F3N2O4/c1-27-18(26)10-2-5-13(6-3-10)24-17-14(16(23)25)9-11-8-12(19(20,21)22)4-7-15(11)28-17/h2-9H,1H3,(H2,23,25). The van der Waals surface area contributed by atoms with Gasteiger partial charge in [0.25, 0.3) is 5.91 Å². The number of carbonyl (C=O) groups is 2. The molecule has 0 saturated carbocycles. The van der Waals surface area contributed by atoms with Crippen LogP contribution in [0.15, 0.2) is 57.9 Å². The lowest BCUT2D eigenvalue weighted by atomic mass is 10.1. The number of methoxy groups -OCH3 is 1. The van der Waals surface area contributed by atoms with Crippen LogP contribution in [0.5, 0.6) is 0 Å². The number of rotatable bonds is 3. The van der Waals surface area contributed by atoms with Crippen LogP contribution < -0.4 is 11.3 Å². The van der Waals surface area contributed by atoms with E-state index in [1.807, 2.05) is 0 Å². The third kappa shape index (κ3) is 3.88. The number of primary amides is 1. The second kappa shape index (κ2) is 7.18. The molecule has 144 valence electrons. The molecule has 1 aromatic heterocycles. The zero-order chi connectivity index (χ0) is 20.5. The highest BCUT2D eigenvalue weighted by atomic mass is 19.4. The molecular formula is C19H13F3N2O4. The van der Waals surface area contributed by atoms with Gasteiger partial charge in [0, 0.05) is 5.39 Å².